The van der Waals surface area contributed by atoms with E-state index in [1.165, 1.54) is 0 Å². The molecule has 0 amide bonds. The molecule has 0 fully saturated rings. The fourth-order valence-corrected chi connectivity index (χ4v) is 3.03. The third-order valence-electron chi connectivity index (χ3n) is 2.89. The lowest BCUT2D eigenvalue weighted by molar-refractivity contribution is 0.589. The molecule has 0 atom stereocenters. The van der Waals surface area contributed by atoms with Crippen LogP contribution in [0.5, 0.6) is 0 Å². The number of fused-ring (bicyclic) bond motifs is 1. The second kappa shape index (κ2) is 5.21. The van der Waals surface area contributed by atoms with Gasteiger partial charge in [0.2, 0.25) is 5.96 Å². The van der Waals surface area contributed by atoms with E-state index in [1.54, 1.807) is 12.1 Å². The Morgan fingerprint density at radius 2 is 2.05 bits per heavy atom. The lowest BCUT2D eigenvalue weighted by atomic mass is 10.1. The van der Waals surface area contributed by atoms with Crippen molar-refractivity contribution in [2.75, 3.05) is 11.9 Å². The molecule has 1 aliphatic rings. The maximum Gasteiger partial charge on any atom is 0.266 e. The summed E-state index contributed by atoms with van der Waals surface area (Å²) in [6.07, 6.45) is 0.924. The van der Waals surface area contributed by atoms with E-state index in [1.807, 2.05) is 13.0 Å². The van der Waals surface area contributed by atoms with Crippen LogP contribution in [-0.4, -0.2) is 20.9 Å². The Morgan fingerprint density at radius 1 is 1.32 bits per heavy atom. The molecule has 0 aliphatic carbocycles. The largest absolute Gasteiger partial charge is 0.324 e. The van der Waals surface area contributed by atoms with Gasteiger partial charge in [-0.05, 0) is 37.0 Å². The van der Waals surface area contributed by atoms with Gasteiger partial charge in [0.15, 0.2) is 0 Å². The van der Waals surface area contributed by atoms with Crippen molar-refractivity contribution in [2.45, 2.75) is 32.1 Å². The van der Waals surface area contributed by atoms with Crippen LogP contribution in [0.2, 0.25) is 0 Å². The molecule has 2 N–H and O–H groups in total. The number of hydrogen-bond donors (Lipinski definition) is 2. The van der Waals surface area contributed by atoms with Crippen LogP contribution in [0.1, 0.15) is 25.8 Å². The molecule has 0 radical (unpaired) electrons. The van der Waals surface area contributed by atoms with Gasteiger partial charge in [-0.3, -0.25) is 4.99 Å². The van der Waals surface area contributed by atoms with E-state index in [9.17, 15) is 8.42 Å². The summed E-state index contributed by atoms with van der Waals surface area (Å²) in [5.41, 5.74) is 1.48. The molecule has 1 heterocycles. The summed E-state index contributed by atoms with van der Waals surface area (Å²) in [5, 5.41) is 3.01. The predicted molar refractivity (Wildman–Crippen MR) is 76.9 cm³/mol. The van der Waals surface area contributed by atoms with Crippen LogP contribution >= 0.6 is 0 Å². The van der Waals surface area contributed by atoms with Gasteiger partial charge < -0.3 is 5.32 Å². The minimum absolute atomic E-state index is 0.273. The monoisotopic (exact) mass is 281 g/mol. The molecule has 5 nitrogen and oxygen atoms in total. The molecule has 1 aliphatic heterocycles. The Hall–Kier alpha value is -1.56. The smallest absolute Gasteiger partial charge is 0.266 e. The van der Waals surface area contributed by atoms with Crippen molar-refractivity contribution in [1.29, 1.82) is 0 Å². The predicted octanol–water partition coefficient (Wildman–Crippen LogP) is 2.10. The highest BCUT2D eigenvalue weighted by molar-refractivity contribution is 7.90. The quantitative estimate of drug-likeness (QED) is 0.891. The average molecular weight is 281 g/mol. The molecule has 0 spiro atoms. The topological polar surface area (TPSA) is 70.6 Å². The molecular formula is C13H19N3O2S. The van der Waals surface area contributed by atoms with E-state index in [2.05, 4.69) is 28.9 Å². The average Bonchev–Trinajstić information content (AvgIpc) is 2.29. The Balaban J connectivity index is 2.26. The van der Waals surface area contributed by atoms with Gasteiger partial charge in [-0.15, -0.1) is 0 Å². The Labute approximate surface area is 114 Å². The number of aliphatic imine (C=N–C) groups is 1. The third kappa shape index (κ3) is 3.26. The number of benzene rings is 1. The van der Waals surface area contributed by atoms with E-state index >= 15 is 0 Å². The lowest BCUT2D eigenvalue weighted by Crippen LogP contribution is -2.40. The summed E-state index contributed by atoms with van der Waals surface area (Å²) >= 11 is 0. The highest BCUT2D eigenvalue weighted by Gasteiger charge is 2.26. The SMILES string of the molecule is Cc1ccc2c(c1)S(=O)(=O)NC(=NCCC(C)C)N2. The van der Waals surface area contributed by atoms with Crippen LogP contribution in [0.25, 0.3) is 0 Å². The van der Waals surface area contributed by atoms with E-state index in [0.29, 0.717) is 24.1 Å². The summed E-state index contributed by atoms with van der Waals surface area (Å²) in [6.45, 7) is 6.68. The van der Waals surface area contributed by atoms with Crippen molar-refractivity contribution in [2.24, 2.45) is 10.9 Å². The molecule has 0 saturated carbocycles. The Bertz CT molecular complexity index is 606. The van der Waals surface area contributed by atoms with E-state index < -0.39 is 10.0 Å². The fraction of sp³-hybridized carbons (Fsp3) is 0.462. The minimum atomic E-state index is -3.51. The summed E-state index contributed by atoms with van der Waals surface area (Å²) in [7, 11) is -3.51. The van der Waals surface area contributed by atoms with Crippen LogP contribution in [0.15, 0.2) is 28.1 Å². The van der Waals surface area contributed by atoms with Crippen molar-refractivity contribution >= 4 is 21.7 Å². The van der Waals surface area contributed by atoms with Crippen LogP contribution in [-0.2, 0) is 10.0 Å². The van der Waals surface area contributed by atoms with Crippen molar-refractivity contribution in [3.05, 3.63) is 23.8 Å². The van der Waals surface area contributed by atoms with Crippen molar-refractivity contribution in [1.82, 2.24) is 4.72 Å². The zero-order chi connectivity index (χ0) is 14.0. The number of sulfonamides is 1. The minimum Gasteiger partial charge on any atom is -0.324 e. The molecule has 19 heavy (non-hydrogen) atoms. The van der Waals surface area contributed by atoms with E-state index in [-0.39, 0.29) is 4.90 Å². The summed E-state index contributed by atoms with van der Waals surface area (Å²) in [6, 6.07) is 5.29. The van der Waals surface area contributed by atoms with Gasteiger partial charge in [0.05, 0.1) is 5.69 Å². The molecule has 1 aromatic rings. The van der Waals surface area contributed by atoms with Gasteiger partial charge in [0.1, 0.15) is 4.90 Å². The molecule has 0 bridgehead atoms. The number of anilines is 1. The lowest BCUT2D eigenvalue weighted by Gasteiger charge is -2.21. The number of aryl methyl sites for hydroxylation is 1. The molecule has 0 saturated heterocycles. The maximum absolute atomic E-state index is 12.1. The molecule has 0 aromatic heterocycles. The maximum atomic E-state index is 12.1. The molecule has 1 aromatic carbocycles. The van der Waals surface area contributed by atoms with Crippen molar-refractivity contribution in [3.8, 4) is 0 Å². The number of rotatable bonds is 3. The zero-order valence-corrected chi connectivity index (χ0v) is 12.2. The number of nitrogens with zero attached hydrogens (tertiary/aromatic N) is 1. The zero-order valence-electron chi connectivity index (χ0n) is 11.4. The van der Waals surface area contributed by atoms with Gasteiger partial charge in [-0.2, -0.15) is 0 Å². The van der Waals surface area contributed by atoms with E-state index in [4.69, 9.17) is 0 Å². The molecule has 2 rings (SSSR count). The van der Waals surface area contributed by atoms with Crippen molar-refractivity contribution in [3.63, 3.8) is 0 Å². The first-order valence-electron chi connectivity index (χ1n) is 6.33. The second-order valence-corrected chi connectivity index (χ2v) is 6.79. The molecule has 104 valence electrons. The van der Waals surface area contributed by atoms with E-state index in [0.717, 1.165) is 12.0 Å². The Morgan fingerprint density at radius 3 is 2.74 bits per heavy atom. The van der Waals surface area contributed by atoms with Gasteiger partial charge >= 0.3 is 0 Å². The normalized spacial score (nSPS) is 18.8. The number of guanidine groups is 1. The number of hydrogen-bond acceptors (Lipinski definition) is 3. The van der Waals surface area contributed by atoms with Gasteiger partial charge in [-0.25, -0.2) is 13.1 Å². The molecule has 0 unspecified atom stereocenters. The highest BCUT2D eigenvalue weighted by atomic mass is 32.2. The van der Waals surface area contributed by atoms with Crippen LogP contribution in [0, 0.1) is 12.8 Å². The summed E-state index contributed by atoms with van der Waals surface area (Å²) < 4.78 is 26.7. The summed E-state index contributed by atoms with van der Waals surface area (Å²) in [5.74, 6) is 0.844. The second-order valence-electron chi connectivity index (χ2n) is 5.14. The number of nitrogens with one attached hydrogen (secondary N) is 2. The highest BCUT2D eigenvalue weighted by Crippen LogP contribution is 2.25. The first-order valence-corrected chi connectivity index (χ1v) is 7.82. The third-order valence-corrected chi connectivity index (χ3v) is 4.27. The Kier molecular flexibility index (Phi) is 3.80. The van der Waals surface area contributed by atoms with Crippen molar-refractivity contribution < 1.29 is 8.42 Å². The van der Waals surface area contributed by atoms with Gasteiger partial charge in [-0.1, -0.05) is 19.9 Å². The summed E-state index contributed by atoms with van der Waals surface area (Å²) in [4.78, 5) is 4.53. The first kappa shape index (κ1) is 13.9. The first-order chi connectivity index (χ1) is 8.88. The van der Waals surface area contributed by atoms with Crippen LogP contribution < -0.4 is 10.0 Å². The molecular weight excluding hydrogens is 262 g/mol. The molecule has 6 heteroatoms. The van der Waals surface area contributed by atoms with Crippen LogP contribution in [0.3, 0.4) is 0 Å². The van der Waals surface area contributed by atoms with Crippen LogP contribution in [0.4, 0.5) is 5.69 Å². The fourth-order valence-electron chi connectivity index (χ4n) is 1.80. The van der Waals surface area contributed by atoms with Gasteiger partial charge in [0.25, 0.3) is 10.0 Å². The van der Waals surface area contributed by atoms with Gasteiger partial charge in [0, 0.05) is 6.54 Å². The standard InChI is InChI=1S/C13H19N3O2S/c1-9(2)6-7-14-13-15-11-5-4-10(3)8-12(11)19(17,18)16-13/h4-5,8-9H,6-7H2,1-3H3,(H2,14,15,16).